The first-order valence-corrected chi connectivity index (χ1v) is 8.48. The van der Waals surface area contributed by atoms with Gasteiger partial charge in [0.1, 0.15) is 5.54 Å². The lowest BCUT2D eigenvalue weighted by Gasteiger charge is -2.30. The molecule has 1 unspecified atom stereocenters. The number of hydrogen-bond donors (Lipinski definition) is 1. The minimum absolute atomic E-state index is 0.282. The Balaban J connectivity index is 2.82. The van der Waals surface area contributed by atoms with Crippen molar-refractivity contribution in [2.75, 3.05) is 11.5 Å². The van der Waals surface area contributed by atoms with Crippen LogP contribution < -0.4 is 5.32 Å². The zero-order valence-corrected chi connectivity index (χ0v) is 13.8. The molecule has 110 valence electrons. The molecule has 0 saturated carbocycles. The predicted molar refractivity (Wildman–Crippen MR) is 88.8 cm³/mol. The van der Waals surface area contributed by atoms with Crippen molar-refractivity contribution in [3.8, 4) is 6.07 Å². The van der Waals surface area contributed by atoms with Crippen LogP contribution in [0, 0.1) is 17.2 Å². The van der Waals surface area contributed by atoms with E-state index in [4.69, 9.17) is 0 Å². The van der Waals surface area contributed by atoms with Crippen molar-refractivity contribution in [2.45, 2.75) is 45.7 Å². The molecule has 1 N–H and O–H groups in total. The summed E-state index contributed by atoms with van der Waals surface area (Å²) in [6.45, 7) is 8.65. The highest BCUT2D eigenvalue weighted by molar-refractivity contribution is 7.99. The molecule has 2 nitrogen and oxygen atoms in total. The lowest BCUT2D eigenvalue weighted by Crippen LogP contribution is -2.45. The fraction of sp³-hybridized carbons (Fsp3) is 0.588. The largest absolute Gasteiger partial charge is 0.293 e. The van der Waals surface area contributed by atoms with E-state index in [-0.39, 0.29) is 6.04 Å². The summed E-state index contributed by atoms with van der Waals surface area (Å²) in [6, 6.07) is 12.9. The molecule has 0 aliphatic heterocycles. The molecular weight excluding hydrogens is 264 g/mol. The Hall–Kier alpha value is -0.980. The molecule has 1 aromatic carbocycles. The highest BCUT2D eigenvalue weighted by Gasteiger charge is 2.32. The Bertz CT molecular complexity index is 422. The van der Waals surface area contributed by atoms with E-state index in [0.717, 1.165) is 23.5 Å². The van der Waals surface area contributed by atoms with Crippen molar-refractivity contribution in [2.24, 2.45) is 5.92 Å². The van der Waals surface area contributed by atoms with Gasteiger partial charge in [0.25, 0.3) is 0 Å². The van der Waals surface area contributed by atoms with Gasteiger partial charge in [-0.25, -0.2) is 0 Å². The van der Waals surface area contributed by atoms with Gasteiger partial charge >= 0.3 is 0 Å². The molecule has 0 aliphatic rings. The summed E-state index contributed by atoms with van der Waals surface area (Å²) in [6.07, 6.45) is 0.836. The molecule has 20 heavy (non-hydrogen) atoms. The second-order valence-corrected chi connectivity index (χ2v) is 7.05. The Morgan fingerprint density at radius 1 is 1.20 bits per heavy atom. The van der Waals surface area contributed by atoms with Gasteiger partial charge in [-0.1, -0.05) is 44.2 Å². The zero-order chi connectivity index (χ0) is 15.0. The summed E-state index contributed by atoms with van der Waals surface area (Å²) in [5.74, 6) is 2.85. The first-order valence-electron chi connectivity index (χ1n) is 7.32. The summed E-state index contributed by atoms with van der Waals surface area (Å²) in [5.41, 5.74) is 0.501. The SMILES string of the molecule is CC(C)CSCCC(C#N)(NC(C)C)c1ccccc1. The quantitative estimate of drug-likeness (QED) is 0.729. The molecule has 1 atom stereocenters. The van der Waals surface area contributed by atoms with Crippen LogP contribution in [-0.4, -0.2) is 17.5 Å². The lowest BCUT2D eigenvalue weighted by molar-refractivity contribution is 0.378. The Morgan fingerprint density at radius 2 is 1.85 bits per heavy atom. The average Bonchev–Trinajstić information content (AvgIpc) is 2.42. The first kappa shape index (κ1) is 17.1. The highest BCUT2D eigenvalue weighted by Crippen LogP contribution is 2.27. The normalized spacial score (nSPS) is 14.2. The molecule has 0 aliphatic carbocycles. The third-order valence-corrected chi connectivity index (χ3v) is 4.46. The van der Waals surface area contributed by atoms with Gasteiger partial charge in [0.15, 0.2) is 0 Å². The van der Waals surface area contributed by atoms with Gasteiger partial charge in [0.05, 0.1) is 6.07 Å². The fourth-order valence-electron chi connectivity index (χ4n) is 2.21. The fourth-order valence-corrected chi connectivity index (χ4v) is 3.30. The summed E-state index contributed by atoms with van der Waals surface area (Å²) in [5, 5.41) is 13.2. The van der Waals surface area contributed by atoms with E-state index < -0.39 is 5.54 Å². The maximum atomic E-state index is 9.77. The third-order valence-electron chi connectivity index (χ3n) is 3.07. The van der Waals surface area contributed by atoms with Gasteiger partial charge in [-0.15, -0.1) is 0 Å². The number of nitrogens with one attached hydrogen (secondary N) is 1. The van der Waals surface area contributed by atoms with Crippen LogP contribution in [0.5, 0.6) is 0 Å². The van der Waals surface area contributed by atoms with E-state index in [9.17, 15) is 5.26 Å². The molecule has 3 heteroatoms. The summed E-state index contributed by atoms with van der Waals surface area (Å²) in [7, 11) is 0. The van der Waals surface area contributed by atoms with Crippen molar-refractivity contribution >= 4 is 11.8 Å². The van der Waals surface area contributed by atoms with Gasteiger partial charge in [-0.05, 0) is 43.3 Å². The van der Waals surface area contributed by atoms with Gasteiger partial charge < -0.3 is 0 Å². The van der Waals surface area contributed by atoms with Gasteiger partial charge in [-0.3, -0.25) is 5.32 Å². The maximum Gasteiger partial charge on any atom is 0.133 e. The minimum Gasteiger partial charge on any atom is -0.293 e. The van der Waals surface area contributed by atoms with Crippen LogP contribution in [0.15, 0.2) is 30.3 Å². The minimum atomic E-state index is -0.570. The number of hydrogen-bond acceptors (Lipinski definition) is 3. The molecule has 0 aromatic heterocycles. The molecule has 0 bridgehead atoms. The van der Waals surface area contributed by atoms with Gasteiger partial charge in [-0.2, -0.15) is 17.0 Å². The van der Waals surface area contributed by atoms with E-state index in [0.29, 0.717) is 5.92 Å². The summed E-state index contributed by atoms with van der Waals surface area (Å²) in [4.78, 5) is 0. The zero-order valence-electron chi connectivity index (χ0n) is 13.0. The molecule has 1 rings (SSSR count). The van der Waals surface area contributed by atoms with Gasteiger partial charge in [0.2, 0.25) is 0 Å². The van der Waals surface area contributed by atoms with Crippen LogP contribution in [0.25, 0.3) is 0 Å². The van der Waals surface area contributed by atoms with E-state index >= 15 is 0 Å². The number of nitriles is 1. The van der Waals surface area contributed by atoms with Crippen molar-refractivity contribution in [3.05, 3.63) is 35.9 Å². The van der Waals surface area contributed by atoms with Crippen LogP contribution in [0.1, 0.15) is 39.7 Å². The monoisotopic (exact) mass is 290 g/mol. The predicted octanol–water partition coefficient (Wildman–Crippen LogP) is 4.18. The first-order chi connectivity index (χ1) is 9.50. The molecule has 0 radical (unpaired) electrons. The Labute approximate surface area is 128 Å². The molecule has 0 saturated heterocycles. The highest BCUT2D eigenvalue weighted by atomic mass is 32.2. The molecule has 0 fully saturated rings. The van der Waals surface area contributed by atoms with E-state index in [2.05, 4.69) is 39.1 Å². The molecule has 0 amide bonds. The van der Waals surface area contributed by atoms with E-state index in [1.807, 2.05) is 42.1 Å². The molecule has 0 spiro atoms. The lowest BCUT2D eigenvalue weighted by atomic mass is 9.88. The van der Waals surface area contributed by atoms with Crippen LogP contribution in [0.2, 0.25) is 0 Å². The van der Waals surface area contributed by atoms with Gasteiger partial charge in [0, 0.05) is 6.04 Å². The van der Waals surface area contributed by atoms with Crippen LogP contribution in [0.4, 0.5) is 0 Å². The van der Waals surface area contributed by atoms with E-state index in [1.54, 1.807) is 0 Å². The summed E-state index contributed by atoms with van der Waals surface area (Å²) < 4.78 is 0. The number of rotatable bonds is 8. The van der Waals surface area contributed by atoms with Crippen LogP contribution in [-0.2, 0) is 5.54 Å². The summed E-state index contributed by atoms with van der Waals surface area (Å²) >= 11 is 1.93. The third kappa shape index (κ3) is 5.19. The Kier molecular flexibility index (Phi) is 7.12. The second-order valence-electron chi connectivity index (χ2n) is 5.90. The number of benzene rings is 1. The second kappa shape index (κ2) is 8.34. The van der Waals surface area contributed by atoms with Crippen LogP contribution in [0.3, 0.4) is 0 Å². The van der Waals surface area contributed by atoms with Crippen LogP contribution >= 0.6 is 11.8 Å². The topological polar surface area (TPSA) is 35.8 Å². The van der Waals surface area contributed by atoms with Crippen molar-refractivity contribution in [1.29, 1.82) is 5.26 Å². The maximum absolute atomic E-state index is 9.77. The smallest absolute Gasteiger partial charge is 0.133 e. The standard InChI is InChI=1S/C17H26N2S/c1-14(2)12-20-11-10-17(13-18,19-15(3)4)16-8-6-5-7-9-16/h5-9,14-15,19H,10-12H2,1-4H3. The molecule has 0 heterocycles. The van der Waals surface area contributed by atoms with Crippen molar-refractivity contribution < 1.29 is 0 Å². The Morgan fingerprint density at radius 3 is 2.35 bits per heavy atom. The number of nitrogens with zero attached hydrogens (tertiary/aromatic N) is 1. The average molecular weight is 290 g/mol. The number of thioether (sulfide) groups is 1. The molecule has 1 aromatic rings. The van der Waals surface area contributed by atoms with Crippen molar-refractivity contribution in [1.82, 2.24) is 5.32 Å². The molecular formula is C17H26N2S. The van der Waals surface area contributed by atoms with E-state index in [1.165, 1.54) is 0 Å². The van der Waals surface area contributed by atoms with Crippen molar-refractivity contribution in [3.63, 3.8) is 0 Å².